The lowest BCUT2D eigenvalue weighted by molar-refractivity contribution is -0.145. The minimum absolute atomic E-state index is 0.307. The number of carboxylic acids is 1. The van der Waals surface area contributed by atoms with Crippen LogP contribution in [0.25, 0.3) is 6.08 Å². The molecule has 9 heteroatoms. The van der Waals surface area contributed by atoms with Crippen LogP contribution < -0.4 is 19.1 Å². The van der Waals surface area contributed by atoms with Crippen LogP contribution in [-0.4, -0.2) is 41.6 Å². The number of ether oxygens (including phenoxy) is 3. The summed E-state index contributed by atoms with van der Waals surface area (Å²) < 4.78 is 16.6. The van der Waals surface area contributed by atoms with Crippen LogP contribution >= 0.6 is 24.0 Å². The Hall–Kier alpha value is -3.04. The average molecular weight is 460 g/mol. The summed E-state index contributed by atoms with van der Waals surface area (Å²) in [6.45, 7) is 1.73. The van der Waals surface area contributed by atoms with Crippen molar-refractivity contribution in [1.29, 1.82) is 0 Å². The molecule has 2 aromatic carbocycles. The van der Waals surface area contributed by atoms with Gasteiger partial charge in [-0.15, -0.1) is 0 Å². The highest BCUT2D eigenvalue weighted by Crippen LogP contribution is 2.41. The van der Waals surface area contributed by atoms with Crippen molar-refractivity contribution in [2.45, 2.75) is 19.4 Å². The molecule has 1 aliphatic rings. The zero-order chi connectivity index (χ0) is 22.5. The van der Waals surface area contributed by atoms with Gasteiger partial charge in [0.15, 0.2) is 10.4 Å². The molecule has 7 nitrogen and oxygen atoms in total. The first kappa shape index (κ1) is 22.6. The summed E-state index contributed by atoms with van der Waals surface area (Å²) in [7, 11) is 3.05. The summed E-state index contributed by atoms with van der Waals surface area (Å²) in [5, 5.41) is 9.29. The number of carboxylic acid groups (broad SMARTS) is 1. The average Bonchev–Trinajstić information content (AvgIpc) is 3.04. The van der Waals surface area contributed by atoms with Crippen LogP contribution in [-0.2, 0) is 9.59 Å². The van der Waals surface area contributed by atoms with Crippen LogP contribution in [0.4, 0.5) is 5.69 Å². The third-order valence-corrected chi connectivity index (χ3v) is 5.84. The predicted octanol–water partition coefficient (Wildman–Crippen LogP) is 4.35. The highest BCUT2D eigenvalue weighted by molar-refractivity contribution is 8.27. The minimum atomic E-state index is -1.05. The van der Waals surface area contributed by atoms with Gasteiger partial charge in [0.1, 0.15) is 17.2 Å². The number of hydrogen-bond donors (Lipinski definition) is 1. The lowest BCUT2D eigenvalue weighted by Crippen LogP contribution is -2.28. The van der Waals surface area contributed by atoms with Crippen molar-refractivity contribution in [2.24, 2.45) is 0 Å². The lowest BCUT2D eigenvalue weighted by atomic mass is 10.1. The van der Waals surface area contributed by atoms with E-state index in [0.717, 1.165) is 11.8 Å². The number of aliphatic carboxylic acids is 1. The number of rotatable bonds is 8. The quantitative estimate of drug-likeness (QED) is 0.461. The first-order valence-corrected chi connectivity index (χ1v) is 10.6. The number of carbonyl (C=O) groups is 2. The van der Waals surface area contributed by atoms with Crippen LogP contribution in [0.5, 0.6) is 17.2 Å². The van der Waals surface area contributed by atoms with E-state index in [0.29, 0.717) is 44.1 Å². The molecule has 0 aromatic heterocycles. The normalized spacial score (nSPS) is 15.8. The number of amides is 1. The molecule has 1 amide bonds. The van der Waals surface area contributed by atoms with Gasteiger partial charge in [-0.05, 0) is 30.7 Å². The van der Waals surface area contributed by atoms with Gasteiger partial charge in [0.2, 0.25) is 0 Å². The van der Waals surface area contributed by atoms with Gasteiger partial charge in [-0.25, -0.2) is 4.79 Å². The fourth-order valence-electron chi connectivity index (χ4n) is 2.96. The van der Waals surface area contributed by atoms with E-state index in [-0.39, 0.29) is 5.91 Å². The van der Waals surface area contributed by atoms with Crippen molar-refractivity contribution in [3.8, 4) is 17.2 Å². The number of hydrogen-bond acceptors (Lipinski definition) is 7. The molecule has 1 atom stereocenters. The largest absolute Gasteiger partial charge is 0.497 e. The van der Waals surface area contributed by atoms with Crippen LogP contribution in [0.1, 0.15) is 18.9 Å². The number of anilines is 1. The fraction of sp³-hybridized carbons (Fsp3) is 0.227. The number of thioether (sulfide) groups is 1. The maximum atomic E-state index is 13.2. The molecule has 1 aliphatic heterocycles. The molecule has 0 spiro atoms. The lowest BCUT2D eigenvalue weighted by Gasteiger charge is -2.18. The Morgan fingerprint density at radius 1 is 1.19 bits per heavy atom. The summed E-state index contributed by atoms with van der Waals surface area (Å²) >= 11 is 6.60. The summed E-state index contributed by atoms with van der Waals surface area (Å²) in [5.74, 6) is 0.0715. The highest BCUT2D eigenvalue weighted by atomic mass is 32.2. The van der Waals surface area contributed by atoms with E-state index in [1.807, 2.05) is 0 Å². The molecular weight excluding hydrogens is 438 g/mol. The monoisotopic (exact) mass is 459 g/mol. The maximum absolute atomic E-state index is 13.2. The first-order valence-electron chi connectivity index (χ1n) is 9.38. The number of carbonyl (C=O) groups excluding carboxylic acids is 1. The van der Waals surface area contributed by atoms with Crippen LogP contribution in [0.3, 0.4) is 0 Å². The summed E-state index contributed by atoms with van der Waals surface area (Å²) in [6.07, 6.45) is 0.982. The van der Waals surface area contributed by atoms with Crippen LogP contribution in [0.15, 0.2) is 47.4 Å². The molecule has 0 radical (unpaired) electrons. The van der Waals surface area contributed by atoms with Gasteiger partial charge in [0.25, 0.3) is 5.91 Å². The second kappa shape index (κ2) is 9.84. The van der Waals surface area contributed by atoms with Crippen molar-refractivity contribution in [3.05, 3.63) is 52.9 Å². The molecule has 1 fully saturated rings. The topological polar surface area (TPSA) is 85.3 Å². The highest BCUT2D eigenvalue weighted by Gasteiger charge is 2.35. The van der Waals surface area contributed by atoms with Crippen molar-refractivity contribution in [2.75, 3.05) is 19.1 Å². The Labute approximate surface area is 189 Å². The van der Waals surface area contributed by atoms with E-state index < -0.39 is 12.1 Å². The Morgan fingerprint density at radius 2 is 1.94 bits per heavy atom. The second-order valence-corrected chi connectivity index (χ2v) is 8.12. The third kappa shape index (κ3) is 4.83. The molecular formula is C22H21NO6S2. The van der Waals surface area contributed by atoms with E-state index >= 15 is 0 Å². The Balaban J connectivity index is 1.94. The number of nitrogens with zero attached hydrogens (tertiary/aromatic N) is 1. The van der Waals surface area contributed by atoms with E-state index in [4.69, 9.17) is 26.4 Å². The maximum Gasteiger partial charge on any atom is 0.344 e. The summed E-state index contributed by atoms with van der Waals surface area (Å²) in [4.78, 5) is 26.3. The van der Waals surface area contributed by atoms with Crippen molar-refractivity contribution < 1.29 is 28.9 Å². The predicted molar refractivity (Wildman–Crippen MR) is 124 cm³/mol. The first-order chi connectivity index (χ1) is 14.9. The van der Waals surface area contributed by atoms with Gasteiger partial charge in [-0.1, -0.05) is 49.1 Å². The van der Waals surface area contributed by atoms with Gasteiger partial charge in [-0.3, -0.25) is 9.69 Å². The van der Waals surface area contributed by atoms with Crippen LogP contribution in [0.2, 0.25) is 0 Å². The molecule has 1 heterocycles. The van der Waals surface area contributed by atoms with Gasteiger partial charge in [-0.2, -0.15) is 0 Å². The zero-order valence-corrected chi connectivity index (χ0v) is 18.8. The minimum Gasteiger partial charge on any atom is -0.497 e. The van der Waals surface area contributed by atoms with E-state index in [2.05, 4.69) is 0 Å². The molecule has 1 saturated heterocycles. The van der Waals surface area contributed by atoms with Crippen molar-refractivity contribution in [1.82, 2.24) is 0 Å². The van der Waals surface area contributed by atoms with Crippen LogP contribution in [0, 0.1) is 0 Å². The number of para-hydroxylation sites is 1. The fourth-order valence-corrected chi connectivity index (χ4v) is 4.23. The summed E-state index contributed by atoms with van der Waals surface area (Å²) in [6, 6.07) is 12.1. The Bertz CT molecular complexity index is 1050. The van der Waals surface area contributed by atoms with Crippen molar-refractivity contribution in [3.63, 3.8) is 0 Å². The zero-order valence-electron chi connectivity index (χ0n) is 17.2. The molecule has 1 N–H and O–H groups in total. The van der Waals surface area contributed by atoms with Gasteiger partial charge >= 0.3 is 5.97 Å². The number of methoxy groups -OCH3 is 2. The standard InChI is InChI=1S/C22H21NO6S2/c1-4-16(21(25)26)29-17-8-6-5-7-13(17)11-19-20(24)23(22(30)31-19)15-10-9-14(27-2)12-18(15)28-3/h5-12,16H,4H2,1-3H3,(H,25,26)/b19-11+. The molecule has 0 aliphatic carbocycles. The molecule has 0 saturated carbocycles. The molecule has 0 bridgehead atoms. The van der Waals surface area contributed by atoms with E-state index in [9.17, 15) is 14.7 Å². The Morgan fingerprint density at radius 3 is 2.58 bits per heavy atom. The molecule has 31 heavy (non-hydrogen) atoms. The molecule has 162 valence electrons. The third-order valence-electron chi connectivity index (χ3n) is 4.54. The smallest absolute Gasteiger partial charge is 0.344 e. The van der Waals surface area contributed by atoms with Gasteiger partial charge < -0.3 is 19.3 Å². The summed E-state index contributed by atoms with van der Waals surface area (Å²) in [5.41, 5.74) is 1.10. The van der Waals surface area contributed by atoms with Crippen molar-refractivity contribution >= 4 is 51.9 Å². The number of benzene rings is 2. The van der Waals surface area contributed by atoms with Gasteiger partial charge in [0, 0.05) is 11.6 Å². The molecule has 2 aromatic rings. The Kier molecular flexibility index (Phi) is 7.19. The molecule has 1 unspecified atom stereocenters. The van der Waals surface area contributed by atoms with E-state index in [1.165, 1.54) is 12.0 Å². The number of thiocarbonyl (C=S) groups is 1. The van der Waals surface area contributed by atoms with E-state index in [1.54, 1.807) is 62.6 Å². The second-order valence-electron chi connectivity index (χ2n) is 6.45. The molecule has 3 rings (SSSR count). The van der Waals surface area contributed by atoms with Gasteiger partial charge in [0.05, 0.1) is 24.8 Å². The SMILES string of the molecule is CCC(Oc1ccccc1/C=C1/SC(=S)N(c2ccc(OC)cc2OC)C1=O)C(=O)O.